The fourth-order valence-electron chi connectivity index (χ4n) is 2.24. The molecule has 1 aromatic rings. The fourth-order valence-corrected chi connectivity index (χ4v) is 2.24. The molecule has 1 aromatic carbocycles. The van der Waals surface area contributed by atoms with Crippen molar-refractivity contribution in [3.63, 3.8) is 0 Å². The number of methoxy groups -OCH3 is 1. The maximum atomic E-state index is 12.0. The first-order valence-corrected chi connectivity index (χ1v) is 6.56. The molecule has 0 atom stereocenters. The summed E-state index contributed by atoms with van der Waals surface area (Å²) in [6.45, 7) is 2.66. The highest BCUT2D eigenvalue weighted by atomic mass is 16.5. The Kier molecular flexibility index (Phi) is 4.63. The van der Waals surface area contributed by atoms with Crippen molar-refractivity contribution in [2.24, 2.45) is 5.92 Å². The van der Waals surface area contributed by atoms with Gasteiger partial charge in [0, 0.05) is 6.54 Å². The molecule has 0 aliphatic carbocycles. The summed E-state index contributed by atoms with van der Waals surface area (Å²) in [5.41, 5.74) is 0.258. The highest BCUT2D eigenvalue weighted by molar-refractivity contribution is 5.97. The predicted octanol–water partition coefficient (Wildman–Crippen LogP) is 1.13. The van der Waals surface area contributed by atoms with Crippen LogP contribution in [0, 0.1) is 5.92 Å². The Morgan fingerprint density at radius 1 is 1.47 bits per heavy atom. The molecule has 5 nitrogen and oxygen atoms in total. The van der Waals surface area contributed by atoms with Crippen molar-refractivity contribution < 1.29 is 14.6 Å². The lowest BCUT2D eigenvalue weighted by molar-refractivity contribution is 0.0941. The van der Waals surface area contributed by atoms with E-state index in [9.17, 15) is 9.90 Å². The molecule has 104 valence electrons. The second kappa shape index (κ2) is 6.43. The van der Waals surface area contributed by atoms with Crippen LogP contribution in [0.25, 0.3) is 0 Å². The first kappa shape index (κ1) is 13.7. The number of phenolic OH excluding ortho intramolecular Hbond substituents is 1. The summed E-state index contributed by atoms with van der Waals surface area (Å²) in [6.07, 6.45) is 2.15. The van der Waals surface area contributed by atoms with Crippen LogP contribution in [-0.2, 0) is 0 Å². The molecule has 0 radical (unpaired) electrons. The van der Waals surface area contributed by atoms with Gasteiger partial charge in [-0.2, -0.15) is 0 Å². The van der Waals surface area contributed by atoms with E-state index in [1.54, 1.807) is 12.1 Å². The van der Waals surface area contributed by atoms with Gasteiger partial charge < -0.3 is 20.5 Å². The number of benzene rings is 1. The molecule has 2 rings (SSSR count). The van der Waals surface area contributed by atoms with Crippen LogP contribution < -0.4 is 15.4 Å². The summed E-state index contributed by atoms with van der Waals surface area (Å²) < 4.78 is 5.06. The standard InChI is InChI=1S/C14H20N2O3/c1-19-11-2-3-13(17)12(8-11)14(18)16-9-10-4-6-15-7-5-10/h2-3,8,10,15,17H,4-7,9H2,1H3,(H,16,18). The first-order chi connectivity index (χ1) is 9.20. The van der Waals surface area contributed by atoms with Gasteiger partial charge in [0.05, 0.1) is 12.7 Å². The van der Waals surface area contributed by atoms with Crippen LogP contribution in [0.1, 0.15) is 23.2 Å². The molecule has 0 bridgehead atoms. The van der Waals surface area contributed by atoms with E-state index in [0.29, 0.717) is 18.2 Å². The quantitative estimate of drug-likeness (QED) is 0.762. The third kappa shape index (κ3) is 3.61. The molecular formula is C14H20N2O3. The third-order valence-corrected chi connectivity index (χ3v) is 3.46. The Balaban J connectivity index is 1.95. The van der Waals surface area contributed by atoms with E-state index in [0.717, 1.165) is 25.9 Å². The number of rotatable bonds is 4. The number of carbonyl (C=O) groups is 1. The lowest BCUT2D eigenvalue weighted by Gasteiger charge is -2.22. The fraction of sp³-hybridized carbons (Fsp3) is 0.500. The molecule has 0 unspecified atom stereocenters. The normalized spacial score (nSPS) is 16.1. The van der Waals surface area contributed by atoms with Crippen LogP contribution in [0.3, 0.4) is 0 Å². The molecule has 0 aromatic heterocycles. The highest BCUT2D eigenvalue weighted by Gasteiger charge is 2.16. The SMILES string of the molecule is COc1ccc(O)c(C(=O)NCC2CCNCC2)c1. The third-order valence-electron chi connectivity index (χ3n) is 3.46. The van der Waals surface area contributed by atoms with Crippen molar-refractivity contribution in [1.29, 1.82) is 0 Å². The van der Waals surface area contributed by atoms with Crippen LogP contribution >= 0.6 is 0 Å². The van der Waals surface area contributed by atoms with Crippen LogP contribution in [0.5, 0.6) is 11.5 Å². The van der Waals surface area contributed by atoms with E-state index < -0.39 is 0 Å². The van der Waals surface area contributed by atoms with Gasteiger partial charge in [0.15, 0.2) is 0 Å². The topological polar surface area (TPSA) is 70.6 Å². The minimum atomic E-state index is -0.255. The van der Waals surface area contributed by atoms with E-state index in [1.807, 2.05) is 0 Å². The number of hydrogen-bond donors (Lipinski definition) is 3. The van der Waals surface area contributed by atoms with Gasteiger partial charge in [-0.1, -0.05) is 0 Å². The monoisotopic (exact) mass is 264 g/mol. The Morgan fingerprint density at radius 2 is 2.21 bits per heavy atom. The van der Waals surface area contributed by atoms with Gasteiger partial charge in [-0.25, -0.2) is 0 Å². The van der Waals surface area contributed by atoms with E-state index in [2.05, 4.69) is 10.6 Å². The van der Waals surface area contributed by atoms with Gasteiger partial charge in [-0.3, -0.25) is 4.79 Å². The number of nitrogens with one attached hydrogen (secondary N) is 2. The summed E-state index contributed by atoms with van der Waals surface area (Å²) in [5, 5.41) is 15.9. The Hall–Kier alpha value is -1.75. The second-order valence-corrected chi connectivity index (χ2v) is 4.79. The summed E-state index contributed by atoms with van der Waals surface area (Å²) in [5.74, 6) is 0.793. The van der Waals surface area contributed by atoms with E-state index in [-0.39, 0.29) is 17.2 Å². The second-order valence-electron chi connectivity index (χ2n) is 4.79. The lowest BCUT2D eigenvalue weighted by atomic mass is 9.98. The van der Waals surface area contributed by atoms with Crippen molar-refractivity contribution in [3.8, 4) is 11.5 Å². The zero-order valence-electron chi connectivity index (χ0n) is 11.1. The maximum absolute atomic E-state index is 12.0. The minimum absolute atomic E-state index is 0.0244. The molecule has 0 spiro atoms. The van der Waals surface area contributed by atoms with Gasteiger partial charge in [-0.15, -0.1) is 0 Å². The van der Waals surface area contributed by atoms with Gasteiger partial charge in [-0.05, 0) is 50.0 Å². The van der Waals surface area contributed by atoms with Crippen LogP contribution in [0.15, 0.2) is 18.2 Å². The summed E-state index contributed by atoms with van der Waals surface area (Å²) in [7, 11) is 1.53. The molecule has 1 fully saturated rings. The average molecular weight is 264 g/mol. The number of aromatic hydroxyl groups is 1. The van der Waals surface area contributed by atoms with Crippen LogP contribution in [0.4, 0.5) is 0 Å². The lowest BCUT2D eigenvalue weighted by Crippen LogP contribution is -2.36. The summed E-state index contributed by atoms with van der Waals surface area (Å²) in [4.78, 5) is 12.0. The van der Waals surface area contributed by atoms with Gasteiger partial charge >= 0.3 is 0 Å². The predicted molar refractivity (Wildman–Crippen MR) is 72.6 cm³/mol. The average Bonchev–Trinajstić information content (AvgIpc) is 2.46. The zero-order chi connectivity index (χ0) is 13.7. The molecular weight excluding hydrogens is 244 g/mol. The first-order valence-electron chi connectivity index (χ1n) is 6.56. The minimum Gasteiger partial charge on any atom is -0.507 e. The molecule has 1 aliphatic rings. The molecule has 5 heteroatoms. The van der Waals surface area contributed by atoms with Crippen molar-refractivity contribution in [3.05, 3.63) is 23.8 Å². The Bertz CT molecular complexity index is 442. The number of phenols is 1. The molecule has 1 amide bonds. The number of amides is 1. The highest BCUT2D eigenvalue weighted by Crippen LogP contribution is 2.22. The molecule has 1 saturated heterocycles. The van der Waals surface area contributed by atoms with Crippen molar-refractivity contribution in [1.82, 2.24) is 10.6 Å². The molecule has 1 aliphatic heterocycles. The van der Waals surface area contributed by atoms with Crippen molar-refractivity contribution >= 4 is 5.91 Å². The number of hydrogen-bond acceptors (Lipinski definition) is 4. The Morgan fingerprint density at radius 3 is 2.89 bits per heavy atom. The molecule has 1 heterocycles. The number of carbonyl (C=O) groups excluding carboxylic acids is 1. The van der Waals surface area contributed by atoms with Crippen molar-refractivity contribution in [2.45, 2.75) is 12.8 Å². The number of piperidine rings is 1. The van der Waals surface area contributed by atoms with E-state index >= 15 is 0 Å². The van der Waals surface area contributed by atoms with Gasteiger partial charge in [0.1, 0.15) is 11.5 Å². The molecule has 3 N–H and O–H groups in total. The summed E-state index contributed by atoms with van der Waals surface area (Å²) in [6, 6.07) is 4.64. The Labute approximate surface area is 113 Å². The number of ether oxygens (including phenoxy) is 1. The van der Waals surface area contributed by atoms with Crippen LogP contribution in [-0.4, -0.2) is 37.8 Å². The van der Waals surface area contributed by atoms with Gasteiger partial charge in [0.25, 0.3) is 5.91 Å². The molecule has 19 heavy (non-hydrogen) atoms. The maximum Gasteiger partial charge on any atom is 0.255 e. The van der Waals surface area contributed by atoms with Crippen LogP contribution in [0.2, 0.25) is 0 Å². The van der Waals surface area contributed by atoms with Gasteiger partial charge in [0.2, 0.25) is 0 Å². The smallest absolute Gasteiger partial charge is 0.255 e. The molecule has 0 saturated carbocycles. The van der Waals surface area contributed by atoms with Crippen molar-refractivity contribution in [2.75, 3.05) is 26.7 Å². The van der Waals surface area contributed by atoms with E-state index in [1.165, 1.54) is 13.2 Å². The zero-order valence-corrected chi connectivity index (χ0v) is 11.1. The summed E-state index contributed by atoms with van der Waals surface area (Å²) >= 11 is 0. The largest absolute Gasteiger partial charge is 0.507 e. The van der Waals surface area contributed by atoms with E-state index in [4.69, 9.17) is 4.74 Å².